The molecule has 1 aliphatic rings. The van der Waals surface area contributed by atoms with Crippen LogP contribution < -0.4 is 0 Å². The van der Waals surface area contributed by atoms with Crippen LogP contribution in [0.1, 0.15) is 200 Å². The highest BCUT2D eigenvalue weighted by Gasteiger charge is 2.79. The topological polar surface area (TPSA) is 170 Å². The summed E-state index contributed by atoms with van der Waals surface area (Å²) in [4.78, 5) is 67.8. The first kappa shape index (κ1) is 87.1. The van der Waals surface area contributed by atoms with Crippen LogP contribution in [0.3, 0.4) is 0 Å². The molecule has 0 aromatic heterocycles. The van der Waals surface area contributed by atoms with E-state index in [0.717, 1.165) is 69.2 Å². The molecule has 80 heavy (non-hydrogen) atoms. The zero-order valence-corrected chi connectivity index (χ0v) is 43.8. The molecule has 7 unspecified atom stereocenters. The Kier molecular flexibility index (Phi) is 30.4. The molecule has 1 N–H and O–H groups in total. The van der Waals surface area contributed by atoms with Crippen molar-refractivity contribution in [2.75, 3.05) is 0 Å². The van der Waals surface area contributed by atoms with Crippen LogP contribution in [0.15, 0.2) is 0 Å². The molecule has 0 bridgehead atoms. The Bertz CT molecular complexity index is 1970. The fourth-order valence-corrected chi connectivity index (χ4v) is 8.53. The molecule has 0 heterocycles. The number of alkyl halides is 15. The number of ether oxygens (including phenoxy) is 7. The van der Waals surface area contributed by atoms with Gasteiger partial charge in [-0.25, -0.2) is 9.59 Å². The zero-order valence-electron chi connectivity index (χ0n) is 43.8. The van der Waals surface area contributed by atoms with Gasteiger partial charge in [-0.3, -0.25) is 14.4 Å². The summed E-state index contributed by atoms with van der Waals surface area (Å²) >= 11 is 0. The van der Waals surface area contributed by atoms with Crippen LogP contribution in [-0.2, 0) is 47.5 Å². The van der Waals surface area contributed by atoms with Gasteiger partial charge in [0.25, 0.3) is 5.60 Å². The van der Waals surface area contributed by atoms with Crippen molar-refractivity contribution in [2.45, 2.75) is 277 Å². The molecule has 1 aliphatic carbocycles. The van der Waals surface area contributed by atoms with E-state index in [9.17, 15) is 55.4 Å². The smallest absolute Gasteiger partial charge is 0.462 e. The van der Waals surface area contributed by atoms with Crippen molar-refractivity contribution >= 4 is 30.2 Å². The second-order valence-corrected chi connectivity index (χ2v) is 23.1. The van der Waals surface area contributed by atoms with Crippen LogP contribution in [0.5, 0.6) is 0 Å². The first-order valence-electron chi connectivity index (χ1n) is 22.8. The Hall–Kier alpha value is -4.14. The maximum absolute atomic E-state index is 15.3. The lowest BCUT2D eigenvalue weighted by atomic mass is 9.64. The van der Waals surface area contributed by atoms with Gasteiger partial charge in [0.15, 0.2) is 0 Å². The van der Waals surface area contributed by atoms with Crippen LogP contribution in [0, 0.1) is 28.1 Å². The normalized spacial score (nSPS) is 19.6. The summed E-state index contributed by atoms with van der Waals surface area (Å²) < 4.78 is 254. The van der Waals surface area contributed by atoms with Gasteiger partial charge in [0.05, 0.1) is 16.2 Å². The van der Waals surface area contributed by atoms with E-state index in [1.54, 1.807) is 0 Å². The third-order valence-electron chi connectivity index (χ3n) is 12.2. The van der Waals surface area contributed by atoms with E-state index in [1.165, 1.54) is 27.7 Å². The maximum Gasteiger partial charge on any atom is 0.510 e. The van der Waals surface area contributed by atoms with Crippen LogP contribution in [0.2, 0.25) is 0 Å². The second kappa shape index (κ2) is 28.0. The third-order valence-corrected chi connectivity index (χ3v) is 12.2. The molecule has 0 aromatic carbocycles. The van der Waals surface area contributed by atoms with E-state index in [4.69, 9.17) is 18.9 Å². The minimum Gasteiger partial charge on any atom is -0.462 e. The van der Waals surface area contributed by atoms with Crippen molar-refractivity contribution in [2.24, 2.45) is 28.1 Å². The zero-order chi connectivity index (χ0) is 59.1. The van der Waals surface area contributed by atoms with Crippen molar-refractivity contribution in [3.63, 3.8) is 0 Å². The van der Waals surface area contributed by atoms with Crippen molar-refractivity contribution in [1.82, 2.24) is 0 Å². The summed E-state index contributed by atoms with van der Waals surface area (Å²) in [6, 6.07) is 0. The predicted octanol–water partition coefficient (Wildman–Crippen LogP) is 17.0. The molecule has 482 valence electrons. The molecule has 1 fully saturated rings. The highest BCUT2D eigenvalue weighted by molar-refractivity contribution is 5.83. The Balaban J connectivity index is -0.00000228. The SMILES string of the molecule is C.C.C.C.C.C.CCC(C)(CC(C)(CC(C)(C)C(=O)OC(C)(C)C)C(=O)OC(C)CC(O)(C(F)(F)F)C(F)(F)F)C(=O)OC1CC(C(C)(OC(=O)OC(C)(C)C)C(F)(F)F)CC(C(OC(=O)OC(C)(C)C)(C(F)(F)F)C(F)(F)F)C1. The molecule has 1 saturated carbocycles. The number of esters is 3. The Morgan fingerprint density at radius 2 is 0.838 bits per heavy atom. The first-order chi connectivity index (χ1) is 32.3. The summed E-state index contributed by atoms with van der Waals surface area (Å²) in [6.45, 7) is 16.8. The van der Waals surface area contributed by atoms with Crippen molar-refractivity contribution in [3.05, 3.63) is 0 Å². The Morgan fingerprint density at radius 3 is 1.18 bits per heavy atom. The third kappa shape index (κ3) is 21.2. The summed E-state index contributed by atoms with van der Waals surface area (Å²) in [7, 11) is 0. The number of aliphatic hydroxyl groups is 1. The molecule has 28 heteroatoms. The van der Waals surface area contributed by atoms with E-state index in [0.29, 0.717) is 6.92 Å². The van der Waals surface area contributed by atoms with Gasteiger partial charge in [-0.2, -0.15) is 65.9 Å². The molecule has 0 saturated heterocycles. The average molecular weight is 1210 g/mol. The van der Waals surface area contributed by atoms with Crippen LogP contribution in [0.4, 0.5) is 75.4 Å². The molecule has 0 aliphatic heterocycles. The minimum atomic E-state index is -6.75. The van der Waals surface area contributed by atoms with Gasteiger partial charge in [0, 0.05) is 18.3 Å². The van der Waals surface area contributed by atoms with Crippen LogP contribution in [0.25, 0.3) is 0 Å². The first-order valence-corrected chi connectivity index (χ1v) is 22.8. The highest BCUT2D eigenvalue weighted by Crippen LogP contribution is 2.59. The lowest BCUT2D eigenvalue weighted by molar-refractivity contribution is -0.392. The average Bonchev–Trinajstić information content (AvgIpc) is 3.11. The van der Waals surface area contributed by atoms with Gasteiger partial charge in [-0.05, 0) is 142 Å². The van der Waals surface area contributed by atoms with E-state index in [2.05, 4.69) is 14.2 Å². The van der Waals surface area contributed by atoms with Crippen LogP contribution >= 0.6 is 0 Å². The summed E-state index contributed by atoms with van der Waals surface area (Å²) in [5.41, 5.74) is -26.7. The van der Waals surface area contributed by atoms with E-state index in [1.807, 2.05) is 0 Å². The Labute approximate surface area is 462 Å². The molecule has 0 radical (unpaired) electrons. The molecular formula is C52H91F15O13. The minimum absolute atomic E-state index is 0. The number of halogens is 15. The van der Waals surface area contributed by atoms with Crippen molar-refractivity contribution in [1.29, 1.82) is 0 Å². The summed E-state index contributed by atoms with van der Waals surface area (Å²) in [5, 5.41) is 9.83. The van der Waals surface area contributed by atoms with E-state index >= 15 is 39.5 Å². The number of carbonyl (C=O) groups is 5. The molecule has 13 nitrogen and oxygen atoms in total. The fraction of sp³-hybridized carbons (Fsp3) is 0.904. The van der Waals surface area contributed by atoms with Gasteiger partial charge in [0.1, 0.15) is 29.0 Å². The van der Waals surface area contributed by atoms with Crippen molar-refractivity contribution in [3.8, 4) is 0 Å². The molecule has 0 spiro atoms. The van der Waals surface area contributed by atoms with Gasteiger partial charge in [0.2, 0.25) is 5.60 Å². The monoisotopic (exact) mass is 1210 g/mol. The molecular weight excluding hydrogens is 1120 g/mol. The summed E-state index contributed by atoms with van der Waals surface area (Å²) in [6.07, 6.45) is -51.6. The van der Waals surface area contributed by atoms with Crippen LogP contribution in [-0.4, -0.2) is 112 Å². The predicted molar refractivity (Wildman–Crippen MR) is 268 cm³/mol. The second-order valence-electron chi connectivity index (χ2n) is 23.1. The summed E-state index contributed by atoms with van der Waals surface area (Å²) in [5.74, 6) is -10.7. The van der Waals surface area contributed by atoms with Gasteiger partial charge >= 0.3 is 66.7 Å². The van der Waals surface area contributed by atoms with Gasteiger partial charge < -0.3 is 38.3 Å². The number of hydrogen-bond acceptors (Lipinski definition) is 13. The standard InChI is InChI=1S/C46H67F15O13.6CH4/c1-17-37(14,23-38(15,22-36(12,13)28(62)70-33(3,4)5)30(64)68-24(2)21-40(67,43(50,51)52)44(53,54)55)29(63)69-27-19-25(39(16,42(47,48)49)73-31(65)71-34(6,7)8)18-26(20-27)41(45(56,57)58,46(59,60)61)74-32(66)72-35(9,10)11;;;;;;/h24-27,67H,17-23H2,1-16H3;6*1H4. The van der Waals surface area contributed by atoms with E-state index < -0.39 is 180 Å². The highest BCUT2D eigenvalue weighted by atomic mass is 19.4. The number of carbonyl (C=O) groups excluding carboxylic acids is 5. The number of rotatable bonds is 16. The largest absolute Gasteiger partial charge is 0.510 e. The van der Waals surface area contributed by atoms with Gasteiger partial charge in [-0.15, -0.1) is 0 Å². The molecule has 7 atom stereocenters. The van der Waals surface area contributed by atoms with Crippen molar-refractivity contribution < 1.29 is 128 Å². The van der Waals surface area contributed by atoms with Gasteiger partial charge in [-0.1, -0.05) is 51.5 Å². The molecule has 0 amide bonds. The lowest BCUT2D eigenvalue weighted by Gasteiger charge is -2.49. The Morgan fingerprint density at radius 1 is 0.463 bits per heavy atom. The molecule has 1 rings (SSSR count). The number of hydrogen-bond donors (Lipinski definition) is 1. The maximum atomic E-state index is 15.3. The molecule has 0 aromatic rings. The lowest BCUT2D eigenvalue weighted by Crippen LogP contribution is -2.67. The van der Waals surface area contributed by atoms with E-state index in [-0.39, 0.29) is 51.5 Å². The fourth-order valence-electron chi connectivity index (χ4n) is 8.53. The quantitative estimate of drug-likeness (QED) is 0.0881.